The van der Waals surface area contributed by atoms with Gasteiger partial charge in [-0.05, 0) is 18.7 Å². The van der Waals surface area contributed by atoms with Gasteiger partial charge in [-0.15, -0.1) is 0 Å². The fraction of sp³-hybridized carbons (Fsp3) is 0.300. The standard InChI is InChI=1S/C20H21N7O/c1-25-6-8-26(9-7-25)19(28)14-10-17-16(2-3-21-18(17)23-11-14)15-12-24-20-22-4-5-27(20)13-15/h2,4-5,10-13H,3,6-9H2,1H3,(H,21,23). The van der Waals surface area contributed by atoms with Crippen molar-refractivity contribution in [1.29, 1.82) is 0 Å². The second-order valence-corrected chi connectivity index (χ2v) is 7.19. The lowest BCUT2D eigenvalue weighted by Crippen LogP contribution is -2.47. The molecule has 1 fully saturated rings. The highest BCUT2D eigenvalue weighted by Gasteiger charge is 2.23. The number of hydrogen-bond acceptors (Lipinski definition) is 6. The van der Waals surface area contributed by atoms with Crippen LogP contribution in [-0.4, -0.2) is 74.8 Å². The highest BCUT2D eigenvalue weighted by atomic mass is 16.2. The minimum absolute atomic E-state index is 0.0384. The number of carbonyl (C=O) groups is 1. The van der Waals surface area contributed by atoms with Crippen molar-refractivity contribution in [2.24, 2.45) is 0 Å². The average molecular weight is 375 g/mol. The predicted octanol–water partition coefficient (Wildman–Crippen LogP) is 1.37. The van der Waals surface area contributed by atoms with Gasteiger partial charge in [0.1, 0.15) is 5.82 Å². The second kappa shape index (κ2) is 6.72. The molecule has 2 aliphatic heterocycles. The summed E-state index contributed by atoms with van der Waals surface area (Å²) < 4.78 is 1.89. The summed E-state index contributed by atoms with van der Waals surface area (Å²) in [6, 6.07) is 1.94. The van der Waals surface area contributed by atoms with Crippen molar-refractivity contribution >= 4 is 23.1 Å². The highest BCUT2D eigenvalue weighted by molar-refractivity contribution is 5.97. The van der Waals surface area contributed by atoms with Crippen LogP contribution >= 0.6 is 0 Å². The molecule has 1 saturated heterocycles. The average Bonchev–Trinajstić information content (AvgIpc) is 3.21. The molecule has 5 heterocycles. The molecule has 8 nitrogen and oxygen atoms in total. The van der Waals surface area contributed by atoms with E-state index in [1.807, 2.05) is 34.0 Å². The third-order valence-corrected chi connectivity index (χ3v) is 5.35. The third-order valence-electron chi connectivity index (χ3n) is 5.35. The zero-order chi connectivity index (χ0) is 19.1. The molecule has 2 aliphatic rings. The molecule has 28 heavy (non-hydrogen) atoms. The second-order valence-electron chi connectivity index (χ2n) is 7.19. The first kappa shape index (κ1) is 16.9. The van der Waals surface area contributed by atoms with Crippen LogP contribution in [-0.2, 0) is 0 Å². The SMILES string of the molecule is CN1CCN(C(=O)c2cnc3c(c2)C(c2cnc4nccn4c2)=CCN3)CC1. The number of aromatic nitrogens is 4. The van der Waals surface area contributed by atoms with Crippen molar-refractivity contribution in [2.75, 3.05) is 45.1 Å². The molecule has 1 N–H and O–H groups in total. The first-order valence-electron chi connectivity index (χ1n) is 9.40. The molecule has 1 amide bonds. The maximum Gasteiger partial charge on any atom is 0.255 e. The summed E-state index contributed by atoms with van der Waals surface area (Å²) in [5, 5.41) is 3.29. The van der Waals surface area contributed by atoms with Crippen LogP contribution in [0, 0.1) is 0 Å². The molecule has 142 valence electrons. The number of anilines is 1. The van der Waals surface area contributed by atoms with E-state index in [2.05, 4.69) is 38.3 Å². The zero-order valence-corrected chi connectivity index (χ0v) is 15.7. The number of pyridine rings is 1. The highest BCUT2D eigenvalue weighted by Crippen LogP contribution is 2.31. The number of carbonyl (C=O) groups excluding carboxylic acids is 1. The number of fused-ring (bicyclic) bond motifs is 2. The normalized spacial score (nSPS) is 17.2. The molecule has 0 bridgehead atoms. The van der Waals surface area contributed by atoms with E-state index in [1.54, 1.807) is 12.4 Å². The number of hydrogen-bond donors (Lipinski definition) is 1. The number of likely N-dealkylation sites (N-methyl/N-ethyl adjacent to an activating group) is 1. The Labute approximate surface area is 162 Å². The van der Waals surface area contributed by atoms with Gasteiger partial charge in [-0.1, -0.05) is 6.08 Å². The summed E-state index contributed by atoms with van der Waals surface area (Å²) in [4.78, 5) is 30.3. The largest absolute Gasteiger partial charge is 0.366 e. The fourth-order valence-corrected chi connectivity index (χ4v) is 3.71. The molecule has 8 heteroatoms. The fourth-order valence-electron chi connectivity index (χ4n) is 3.71. The lowest BCUT2D eigenvalue weighted by molar-refractivity contribution is 0.0663. The minimum Gasteiger partial charge on any atom is -0.366 e. The van der Waals surface area contributed by atoms with Gasteiger partial charge in [0.2, 0.25) is 5.78 Å². The predicted molar refractivity (Wildman–Crippen MR) is 106 cm³/mol. The van der Waals surface area contributed by atoms with Crippen molar-refractivity contribution < 1.29 is 4.79 Å². The molecule has 0 unspecified atom stereocenters. The number of piperazine rings is 1. The Balaban J connectivity index is 1.49. The molecule has 3 aromatic heterocycles. The third kappa shape index (κ3) is 2.91. The molecule has 0 spiro atoms. The summed E-state index contributed by atoms with van der Waals surface area (Å²) in [6.07, 6.45) is 11.2. The smallest absolute Gasteiger partial charge is 0.255 e. The van der Waals surface area contributed by atoms with Crippen LogP contribution in [0.2, 0.25) is 0 Å². The van der Waals surface area contributed by atoms with Gasteiger partial charge in [0.15, 0.2) is 0 Å². The van der Waals surface area contributed by atoms with Crippen molar-refractivity contribution in [1.82, 2.24) is 29.2 Å². The Bertz CT molecular complexity index is 1080. The van der Waals surface area contributed by atoms with Gasteiger partial charge < -0.3 is 15.1 Å². The first-order valence-corrected chi connectivity index (χ1v) is 9.40. The van der Waals surface area contributed by atoms with Crippen LogP contribution in [0.3, 0.4) is 0 Å². The molecule has 0 aliphatic carbocycles. The maximum atomic E-state index is 13.0. The molecule has 0 aromatic carbocycles. The van der Waals surface area contributed by atoms with E-state index in [4.69, 9.17) is 0 Å². The van der Waals surface area contributed by atoms with E-state index in [1.165, 1.54) is 0 Å². The van der Waals surface area contributed by atoms with Gasteiger partial charge in [-0.25, -0.2) is 15.0 Å². The van der Waals surface area contributed by atoms with Crippen LogP contribution in [0.25, 0.3) is 11.4 Å². The lowest BCUT2D eigenvalue weighted by Gasteiger charge is -2.32. The molecule has 0 atom stereocenters. The minimum atomic E-state index is 0.0384. The Kier molecular flexibility index (Phi) is 4.05. The summed E-state index contributed by atoms with van der Waals surface area (Å²) in [5.74, 6) is 1.49. The number of imidazole rings is 1. The number of nitrogens with zero attached hydrogens (tertiary/aromatic N) is 6. The van der Waals surface area contributed by atoms with E-state index in [9.17, 15) is 4.79 Å². The monoisotopic (exact) mass is 375 g/mol. The van der Waals surface area contributed by atoms with E-state index in [-0.39, 0.29) is 5.91 Å². The van der Waals surface area contributed by atoms with Gasteiger partial charge in [-0.2, -0.15) is 0 Å². The molecule has 0 saturated carbocycles. The zero-order valence-electron chi connectivity index (χ0n) is 15.7. The van der Waals surface area contributed by atoms with Crippen molar-refractivity contribution in [2.45, 2.75) is 0 Å². The maximum absolute atomic E-state index is 13.0. The number of nitrogens with one attached hydrogen (secondary N) is 1. The van der Waals surface area contributed by atoms with Crippen LogP contribution in [0.5, 0.6) is 0 Å². The van der Waals surface area contributed by atoms with E-state index in [0.29, 0.717) is 17.9 Å². The Hall–Kier alpha value is -3.26. The summed E-state index contributed by atoms with van der Waals surface area (Å²) >= 11 is 0. The first-order chi connectivity index (χ1) is 13.7. The molecular formula is C20H21N7O. The van der Waals surface area contributed by atoms with E-state index in [0.717, 1.165) is 48.7 Å². The van der Waals surface area contributed by atoms with Gasteiger partial charge in [0.05, 0.1) is 5.56 Å². The molecule has 0 radical (unpaired) electrons. The van der Waals surface area contributed by atoms with Gasteiger partial charge in [0, 0.05) is 74.8 Å². The van der Waals surface area contributed by atoms with Crippen LogP contribution in [0.1, 0.15) is 21.5 Å². The lowest BCUT2D eigenvalue weighted by atomic mass is 9.96. The molecular weight excluding hydrogens is 354 g/mol. The Morgan fingerprint density at radius 1 is 1.11 bits per heavy atom. The van der Waals surface area contributed by atoms with Crippen molar-refractivity contribution in [3.05, 3.63) is 59.8 Å². The summed E-state index contributed by atoms with van der Waals surface area (Å²) in [5.41, 5.74) is 3.54. The van der Waals surface area contributed by atoms with Crippen LogP contribution in [0.15, 0.2) is 43.1 Å². The van der Waals surface area contributed by atoms with Gasteiger partial charge in [0.25, 0.3) is 5.91 Å². The quantitative estimate of drug-likeness (QED) is 0.729. The van der Waals surface area contributed by atoms with Crippen LogP contribution in [0.4, 0.5) is 5.82 Å². The Morgan fingerprint density at radius 2 is 1.96 bits per heavy atom. The number of amides is 1. The Morgan fingerprint density at radius 3 is 2.82 bits per heavy atom. The van der Waals surface area contributed by atoms with Crippen LogP contribution < -0.4 is 5.32 Å². The van der Waals surface area contributed by atoms with Crippen molar-refractivity contribution in [3.63, 3.8) is 0 Å². The molecule has 5 rings (SSSR count). The summed E-state index contributed by atoms with van der Waals surface area (Å²) in [6.45, 7) is 3.97. The topological polar surface area (TPSA) is 78.7 Å². The van der Waals surface area contributed by atoms with Gasteiger partial charge >= 0.3 is 0 Å². The van der Waals surface area contributed by atoms with Gasteiger partial charge in [-0.3, -0.25) is 9.20 Å². The summed E-state index contributed by atoms with van der Waals surface area (Å²) in [7, 11) is 2.08. The molecule has 3 aromatic rings. The van der Waals surface area contributed by atoms with E-state index < -0.39 is 0 Å². The number of rotatable bonds is 2. The van der Waals surface area contributed by atoms with Crippen molar-refractivity contribution in [3.8, 4) is 0 Å². The van der Waals surface area contributed by atoms with E-state index >= 15 is 0 Å².